The van der Waals surface area contributed by atoms with E-state index in [1.807, 2.05) is 18.2 Å². The molecule has 0 aliphatic heterocycles. The third-order valence-corrected chi connectivity index (χ3v) is 3.51. The summed E-state index contributed by atoms with van der Waals surface area (Å²) in [5, 5.41) is 0. The van der Waals surface area contributed by atoms with Crippen molar-refractivity contribution in [1.82, 2.24) is 5.43 Å². The number of rotatable bonds is 5. The van der Waals surface area contributed by atoms with E-state index in [2.05, 4.69) is 57.8 Å². The zero-order valence-electron chi connectivity index (χ0n) is 10.1. The van der Waals surface area contributed by atoms with Gasteiger partial charge in [-0.15, -0.1) is 0 Å². The lowest BCUT2D eigenvalue weighted by molar-refractivity contribution is 0.516. The summed E-state index contributed by atoms with van der Waals surface area (Å²) in [7, 11) is 0. The number of halogens is 1. The minimum atomic E-state index is 0.183. The van der Waals surface area contributed by atoms with Crippen LogP contribution in [0.4, 0.5) is 0 Å². The molecule has 1 unspecified atom stereocenters. The van der Waals surface area contributed by atoms with E-state index in [-0.39, 0.29) is 6.04 Å². The van der Waals surface area contributed by atoms with Crippen molar-refractivity contribution >= 4 is 15.9 Å². The first-order valence-electron chi connectivity index (χ1n) is 6.05. The summed E-state index contributed by atoms with van der Waals surface area (Å²) in [6.07, 6.45) is 2.00. The standard InChI is InChI=1S/C15H17BrN2/c16-14-8-4-7-13(11-14)15(18-17)10-9-12-5-2-1-3-6-12/h1-8,11,15,18H,9-10,17H2. The van der Waals surface area contributed by atoms with Crippen LogP contribution in [0, 0.1) is 0 Å². The third kappa shape index (κ3) is 3.67. The maximum atomic E-state index is 5.65. The van der Waals surface area contributed by atoms with Gasteiger partial charge in [0.2, 0.25) is 0 Å². The molecule has 3 N–H and O–H groups in total. The maximum Gasteiger partial charge on any atom is 0.0463 e. The Morgan fingerprint density at radius 1 is 1.06 bits per heavy atom. The number of aryl methyl sites for hydroxylation is 1. The van der Waals surface area contributed by atoms with Crippen LogP contribution in [-0.4, -0.2) is 0 Å². The average Bonchev–Trinajstić information content (AvgIpc) is 2.41. The molecule has 2 rings (SSSR count). The Bertz CT molecular complexity index is 485. The molecule has 0 amide bonds. The fourth-order valence-electron chi connectivity index (χ4n) is 2.03. The highest BCUT2D eigenvalue weighted by atomic mass is 79.9. The van der Waals surface area contributed by atoms with E-state index < -0.39 is 0 Å². The van der Waals surface area contributed by atoms with Crippen LogP contribution >= 0.6 is 15.9 Å². The molecule has 2 aromatic carbocycles. The second kappa shape index (κ2) is 6.69. The number of benzene rings is 2. The van der Waals surface area contributed by atoms with Gasteiger partial charge in [-0.25, -0.2) is 0 Å². The molecule has 94 valence electrons. The van der Waals surface area contributed by atoms with Crippen LogP contribution in [0.25, 0.3) is 0 Å². The summed E-state index contributed by atoms with van der Waals surface area (Å²) < 4.78 is 1.08. The van der Waals surface area contributed by atoms with E-state index >= 15 is 0 Å². The molecule has 0 spiro atoms. The molecule has 0 bridgehead atoms. The molecule has 0 aliphatic rings. The molecular weight excluding hydrogens is 288 g/mol. The second-order valence-corrected chi connectivity index (χ2v) is 5.21. The van der Waals surface area contributed by atoms with Gasteiger partial charge in [-0.2, -0.15) is 0 Å². The first kappa shape index (κ1) is 13.3. The lowest BCUT2D eigenvalue weighted by atomic mass is 10.00. The first-order chi connectivity index (χ1) is 8.79. The molecule has 3 heteroatoms. The molecule has 1 atom stereocenters. The molecule has 2 aromatic rings. The van der Waals surface area contributed by atoms with Crippen LogP contribution in [-0.2, 0) is 6.42 Å². The molecule has 0 radical (unpaired) electrons. The number of hydrogen-bond donors (Lipinski definition) is 2. The van der Waals surface area contributed by atoms with Gasteiger partial charge >= 0.3 is 0 Å². The highest BCUT2D eigenvalue weighted by Crippen LogP contribution is 2.21. The van der Waals surface area contributed by atoms with Crippen molar-refractivity contribution < 1.29 is 0 Å². The zero-order chi connectivity index (χ0) is 12.8. The Morgan fingerprint density at radius 3 is 2.50 bits per heavy atom. The minimum absolute atomic E-state index is 0.183. The lowest BCUT2D eigenvalue weighted by Crippen LogP contribution is -2.28. The topological polar surface area (TPSA) is 38.0 Å². The van der Waals surface area contributed by atoms with Crippen molar-refractivity contribution in [2.24, 2.45) is 5.84 Å². The summed E-state index contributed by atoms with van der Waals surface area (Å²) >= 11 is 3.49. The van der Waals surface area contributed by atoms with Gasteiger partial charge in [0, 0.05) is 10.5 Å². The van der Waals surface area contributed by atoms with Gasteiger partial charge in [-0.05, 0) is 36.1 Å². The number of hydrazine groups is 1. The summed E-state index contributed by atoms with van der Waals surface area (Å²) in [4.78, 5) is 0. The Kier molecular flexibility index (Phi) is 4.93. The Labute approximate surface area is 116 Å². The summed E-state index contributed by atoms with van der Waals surface area (Å²) in [5.74, 6) is 5.65. The number of hydrogen-bond acceptors (Lipinski definition) is 2. The van der Waals surface area contributed by atoms with Crippen LogP contribution in [0.5, 0.6) is 0 Å². The van der Waals surface area contributed by atoms with Gasteiger partial charge in [0.25, 0.3) is 0 Å². The average molecular weight is 305 g/mol. The Hall–Kier alpha value is -1.16. The van der Waals surface area contributed by atoms with Crippen molar-refractivity contribution in [2.45, 2.75) is 18.9 Å². The van der Waals surface area contributed by atoms with E-state index in [0.717, 1.165) is 17.3 Å². The van der Waals surface area contributed by atoms with Crippen LogP contribution in [0.1, 0.15) is 23.6 Å². The van der Waals surface area contributed by atoms with Gasteiger partial charge in [0.15, 0.2) is 0 Å². The second-order valence-electron chi connectivity index (χ2n) is 4.30. The molecule has 18 heavy (non-hydrogen) atoms. The smallest absolute Gasteiger partial charge is 0.0463 e. The first-order valence-corrected chi connectivity index (χ1v) is 6.84. The summed E-state index contributed by atoms with van der Waals surface area (Å²) in [6, 6.07) is 18.9. The van der Waals surface area contributed by atoms with E-state index in [4.69, 9.17) is 5.84 Å². The van der Waals surface area contributed by atoms with Crippen molar-refractivity contribution in [3.63, 3.8) is 0 Å². The van der Waals surface area contributed by atoms with Crippen LogP contribution in [0.15, 0.2) is 59.1 Å². The molecule has 0 aliphatic carbocycles. The van der Waals surface area contributed by atoms with Crippen LogP contribution < -0.4 is 11.3 Å². The minimum Gasteiger partial charge on any atom is -0.271 e. The highest BCUT2D eigenvalue weighted by molar-refractivity contribution is 9.10. The Balaban J connectivity index is 2.02. The van der Waals surface area contributed by atoms with E-state index in [1.54, 1.807) is 0 Å². The number of nitrogens with two attached hydrogens (primary N) is 1. The highest BCUT2D eigenvalue weighted by Gasteiger charge is 2.09. The largest absolute Gasteiger partial charge is 0.271 e. The van der Waals surface area contributed by atoms with Crippen molar-refractivity contribution in [1.29, 1.82) is 0 Å². The zero-order valence-corrected chi connectivity index (χ0v) is 11.7. The quantitative estimate of drug-likeness (QED) is 0.654. The summed E-state index contributed by atoms with van der Waals surface area (Å²) in [6.45, 7) is 0. The van der Waals surface area contributed by atoms with Crippen molar-refractivity contribution in [2.75, 3.05) is 0 Å². The van der Waals surface area contributed by atoms with Gasteiger partial charge < -0.3 is 0 Å². The SMILES string of the molecule is NNC(CCc1ccccc1)c1cccc(Br)c1. The summed E-state index contributed by atoms with van der Waals surface area (Å²) in [5.41, 5.74) is 5.45. The molecule has 0 saturated heterocycles. The van der Waals surface area contributed by atoms with Gasteiger partial charge in [0.1, 0.15) is 0 Å². The molecule has 0 saturated carbocycles. The predicted octanol–water partition coefficient (Wildman–Crippen LogP) is 3.59. The molecule has 0 aromatic heterocycles. The lowest BCUT2D eigenvalue weighted by Gasteiger charge is -2.16. The maximum absolute atomic E-state index is 5.65. The van der Waals surface area contributed by atoms with Crippen molar-refractivity contribution in [3.05, 3.63) is 70.2 Å². The van der Waals surface area contributed by atoms with Crippen molar-refractivity contribution in [3.8, 4) is 0 Å². The van der Waals surface area contributed by atoms with E-state index in [0.29, 0.717) is 0 Å². The molecule has 0 heterocycles. The molecular formula is C15H17BrN2. The molecule has 0 fully saturated rings. The van der Waals surface area contributed by atoms with E-state index in [1.165, 1.54) is 11.1 Å². The van der Waals surface area contributed by atoms with Gasteiger partial charge in [-0.1, -0.05) is 58.4 Å². The fourth-order valence-corrected chi connectivity index (χ4v) is 2.44. The van der Waals surface area contributed by atoms with Gasteiger partial charge in [-0.3, -0.25) is 11.3 Å². The number of nitrogens with one attached hydrogen (secondary N) is 1. The normalized spacial score (nSPS) is 12.3. The third-order valence-electron chi connectivity index (χ3n) is 3.02. The predicted molar refractivity (Wildman–Crippen MR) is 79.0 cm³/mol. The molecule has 2 nitrogen and oxygen atoms in total. The fraction of sp³-hybridized carbons (Fsp3) is 0.200. The van der Waals surface area contributed by atoms with E-state index in [9.17, 15) is 0 Å². The Morgan fingerprint density at radius 2 is 1.83 bits per heavy atom. The van der Waals surface area contributed by atoms with Crippen LogP contribution in [0.3, 0.4) is 0 Å². The van der Waals surface area contributed by atoms with Crippen LogP contribution in [0.2, 0.25) is 0 Å². The van der Waals surface area contributed by atoms with Gasteiger partial charge in [0.05, 0.1) is 0 Å². The monoisotopic (exact) mass is 304 g/mol.